The summed E-state index contributed by atoms with van der Waals surface area (Å²) in [5.41, 5.74) is 0.292. The second-order valence-corrected chi connectivity index (χ2v) is 5.68. The van der Waals surface area contributed by atoms with E-state index >= 15 is 0 Å². The van der Waals surface area contributed by atoms with Crippen LogP contribution >= 0.6 is 23.0 Å². The monoisotopic (exact) mass is 948 g/mol. The Kier molecular flexibility index (Phi) is 9.39. The van der Waals surface area contributed by atoms with E-state index in [1.165, 1.54) is 18.2 Å². The van der Waals surface area contributed by atoms with Crippen LogP contribution in [-0.2, 0) is 0 Å². The maximum atomic E-state index is 10.4. The largest absolute Gasteiger partial charge is 0.504 e. The molecule has 0 fully saturated rings. The van der Waals surface area contributed by atoms with Gasteiger partial charge in [0, 0.05) is 67.8 Å². The third kappa shape index (κ3) is 4.56. The summed E-state index contributed by atoms with van der Waals surface area (Å²) in [6, 6.07) is 4.40. The molecule has 3 rings (SSSR count). The molecule has 0 aromatic heterocycles. The molecule has 28 heavy (non-hydrogen) atoms. The first kappa shape index (κ1) is 25.4. The fourth-order valence-electron chi connectivity index (χ4n) is 2.52. The van der Waals surface area contributed by atoms with Crippen molar-refractivity contribution in [2.75, 3.05) is 0 Å². The number of benzene rings is 2. The quantitative estimate of drug-likeness (QED) is 0.180. The van der Waals surface area contributed by atoms with E-state index in [1.807, 2.05) is 0 Å². The van der Waals surface area contributed by atoms with E-state index in [9.17, 15) is 25.5 Å². The molecule has 0 aliphatic carbocycles. The van der Waals surface area contributed by atoms with E-state index in [1.54, 1.807) is 29.1 Å². The molecule has 2 aromatic carbocycles. The van der Waals surface area contributed by atoms with Crippen LogP contribution in [0.3, 0.4) is 0 Å². The molecule has 0 spiro atoms. The fourth-order valence-corrected chi connectivity index (χ4v) is 2.89. The minimum atomic E-state index is -1.34. The number of fused-ring (bicyclic) bond motifs is 1. The molecule has 2 aromatic rings. The molecule has 1 unspecified atom stereocenters. The van der Waals surface area contributed by atoms with E-state index < -0.39 is 23.4 Å². The van der Waals surface area contributed by atoms with Gasteiger partial charge in [-0.2, -0.15) is 0 Å². The SMILES string of the molecule is C=COc1c(O)c(O)c(O)c2c1C(O)C=C(c1ccc(OI)c(O)c1)O2.[U].[U]. The Balaban J connectivity index is 0.00000196. The summed E-state index contributed by atoms with van der Waals surface area (Å²) in [6.07, 6.45) is 0.926. The zero-order valence-corrected chi connectivity index (χ0v) is 24.5. The van der Waals surface area contributed by atoms with Gasteiger partial charge in [0.2, 0.25) is 17.2 Å². The van der Waals surface area contributed by atoms with Gasteiger partial charge in [0.1, 0.15) is 11.9 Å². The number of aliphatic hydroxyl groups excluding tert-OH is 1. The second-order valence-electron chi connectivity index (χ2n) is 5.24. The van der Waals surface area contributed by atoms with Gasteiger partial charge in [0.15, 0.2) is 46.0 Å². The molecule has 11 heteroatoms. The van der Waals surface area contributed by atoms with Crippen molar-refractivity contribution in [2.45, 2.75) is 6.10 Å². The molecule has 0 bridgehead atoms. The van der Waals surface area contributed by atoms with Gasteiger partial charge in [0.05, 0.1) is 11.8 Å². The van der Waals surface area contributed by atoms with Crippen molar-refractivity contribution in [1.29, 1.82) is 0 Å². The smallest absolute Gasteiger partial charge is 0.208 e. The van der Waals surface area contributed by atoms with Crippen LogP contribution in [0.15, 0.2) is 37.1 Å². The van der Waals surface area contributed by atoms with Crippen LogP contribution in [-0.4, -0.2) is 25.5 Å². The molecule has 8 nitrogen and oxygen atoms in total. The topological polar surface area (TPSA) is 129 Å². The minimum absolute atomic E-state index is 0. The van der Waals surface area contributed by atoms with Crippen LogP contribution in [0.5, 0.6) is 40.2 Å². The molecule has 0 saturated carbocycles. The molecule has 5 N–H and O–H groups in total. The maximum absolute atomic E-state index is 10.4. The van der Waals surface area contributed by atoms with E-state index in [2.05, 4.69) is 6.58 Å². The first-order valence-corrected chi connectivity index (χ1v) is 8.05. The molecule has 1 atom stereocenters. The Hall–Kier alpha value is -0.686. The summed E-state index contributed by atoms with van der Waals surface area (Å²) in [7, 11) is 0. The number of ether oxygens (including phenoxy) is 2. The van der Waals surface area contributed by atoms with E-state index in [4.69, 9.17) is 12.5 Å². The summed E-state index contributed by atoms with van der Waals surface area (Å²) in [5, 5.41) is 50.3. The van der Waals surface area contributed by atoms with Crippen LogP contribution in [0.2, 0.25) is 0 Å². The Morgan fingerprint density at radius 1 is 1.07 bits per heavy atom. The number of hydrogen-bond donors (Lipinski definition) is 5. The van der Waals surface area contributed by atoms with Crippen LogP contribution in [0.1, 0.15) is 17.2 Å². The van der Waals surface area contributed by atoms with Gasteiger partial charge in [-0.1, -0.05) is 6.58 Å². The Bertz CT molecular complexity index is 932. The normalized spacial score (nSPS) is 14.4. The predicted molar refractivity (Wildman–Crippen MR) is 98.6 cm³/mol. The van der Waals surface area contributed by atoms with Crippen molar-refractivity contribution >= 4 is 28.8 Å². The van der Waals surface area contributed by atoms with Crippen LogP contribution < -0.4 is 12.5 Å². The van der Waals surface area contributed by atoms with E-state index in [0.717, 1.165) is 6.26 Å². The molecular weight excluding hydrogens is 935 g/mol. The van der Waals surface area contributed by atoms with Crippen LogP contribution in [0, 0.1) is 62.2 Å². The van der Waals surface area contributed by atoms with Crippen molar-refractivity contribution in [3.63, 3.8) is 0 Å². The Morgan fingerprint density at radius 2 is 1.75 bits per heavy atom. The molecule has 1 heterocycles. The van der Waals surface area contributed by atoms with Gasteiger partial charge >= 0.3 is 0 Å². The van der Waals surface area contributed by atoms with Crippen molar-refractivity contribution < 1.29 is 100 Å². The van der Waals surface area contributed by atoms with Crippen molar-refractivity contribution in [2.24, 2.45) is 0 Å². The summed E-state index contributed by atoms with van der Waals surface area (Å²) >= 11 is 1.62. The summed E-state index contributed by atoms with van der Waals surface area (Å²) in [4.78, 5) is 0. The first-order valence-electron chi connectivity index (χ1n) is 7.17. The second kappa shape index (κ2) is 10.4. The number of aromatic hydroxyl groups is 4. The third-order valence-electron chi connectivity index (χ3n) is 3.71. The van der Waals surface area contributed by atoms with E-state index in [0.29, 0.717) is 5.56 Å². The number of phenols is 4. The summed E-state index contributed by atoms with van der Waals surface area (Å²) < 4.78 is 15.6. The summed E-state index contributed by atoms with van der Waals surface area (Å²) in [5.74, 6) is -2.82. The van der Waals surface area contributed by atoms with E-state index in [-0.39, 0.29) is 96.5 Å². The van der Waals surface area contributed by atoms with Crippen molar-refractivity contribution in [1.82, 2.24) is 0 Å². The fraction of sp³-hybridized carbons (Fsp3) is 0.0588. The van der Waals surface area contributed by atoms with Gasteiger partial charge in [-0.15, -0.1) is 0 Å². The van der Waals surface area contributed by atoms with Gasteiger partial charge in [0.25, 0.3) is 0 Å². The van der Waals surface area contributed by atoms with Crippen molar-refractivity contribution in [3.8, 4) is 40.2 Å². The molecule has 0 amide bonds. The standard InChI is InChI=1S/C17H13IO8.2U/c1-2-24-16-12-9(20)6-11(7-3-4-10(26-18)8(19)5-7)25-17(12)15(23)13(21)14(16)22;;/h2-6,9,19-23H,1H2;;. The zero-order valence-electron chi connectivity index (χ0n) is 14.0. The predicted octanol–water partition coefficient (Wildman–Crippen LogP) is 3.23. The van der Waals surface area contributed by atoms with Gasteiger partial charge < -0.3 is 38.1 Å². The zero-order chi connectivity index (χ0) is 19.0. The molecule has 1 aliphatic rings. The third-order valence-corrected chi connectivity index (χ3v) is 4.19. The maximum Gasteiger partial charge on any atom is 0.208 e. The number of phenolic OH excluding ortho intramolecular Hbond substituents is 4. The van der Waals surface area contributed by atoms with Gasteiger partial charge in [-0.3, -0.25) is 0 Å². The summed E-state index contributed by atoms with van der Waals surface area (Å²) in [6.45, 7) is 3.36. The molecule has 1 aliphatic heterocycles. The van der Waals surface area contributed by atoms with Crippen molar-refractivity contribution in [3.05, 3.63) is 48.2 Å². The van der Waals surface area contributed by atoms with Crippen LogP contribution in [0.25, 0.3) is 5.76 Å². The van der Waals surface area contributed by atoms with Gasteiger partial charge in [-0.25, -0.2) is 0 Å². The van der Waals surface area contributed by atoms with Gasteiger partial charge in [-0.05, 0) is 24.3 Å². The number of hydrogen-bond acceptors (Lipinski definition) is 8. The average Bonchev–Trinajstić information content (AvgIpc) is 2.63. The average molecular weight is 948 g/mol. The first-order chi connectivity index (χ1) is 12.4. The Labute approximate surface area is 221 Å². The Morgan fingerprint density at radius 3 is 2.32 bits per heavy atom. The number of rotatable bonds is 4. The molecule has 144 valence electrons. The minimum Gasteiger partial charge on any atom is -0.504 e. The molecule has 0 radical (unpaired) electrons. The van der Waals surface area contributed by atoms with Crippen LogP contribution in [0.4, 0.5) is 0 Å². The molecule has 0 saturated heterocycles. The molecular formula is C17H13IO8U2. The number of halogens is 1. The number of aliphatic hydroxyl groups is 1.